The number of aryl methyl sites for hydroxylation is 1. The van der Waals surface area contributed by atoms with Crippen molar-refractivity contribution in [2.24, 2.45) is 22.2 Å². The maximum absolute atomic E-state index is 13.7. The minimum atomic E-state index is -1.64. The molecule has 0 radical (unpaired) electrons. The predicted molar refractivity (Wildman–Crippen MR) is 193 cm³/mol. The van der Waals surface area contributed by atoms with Crippen molar-refractivity contribution in [3.05, 3.63) is 40.2 Å². The van der Waals surface area contributed by atoms with E-state index in [2.05, 4.69) is 36.9 Å². The molecule has 1 aromatic carbocycles. The van der Waals surface area contributed by atoms with Gasteiger partial charge >= 0.3 is 5.63 Å². The number of unbranched alkanes of at least 4 members (excludes halogenated alkanes) is 1. The highest BCUT2D eigenvalue weighted by Crippen LogP contribution is 2.21. The van der Waals surface area contributed by atoms with E-state index in [1.807, 2.05) is 0 Å². The predicted octanol–water partition coefficient (Wildman–Crippen LogP) is -2.77. The summed E-state index contributed by atoms with van der Waals surface area (Å²) in [6.07, 6.45) is 0.466. The third kappa shape index (κ3) is 15.4. The van der Waals surface area contributed by atoms with Crippen molar-refractivity contribution in [1.29, 1.82) is 0 Å². The van der Waals surface area contributed by atoms with Crippen LogP contribution in [0.3, 0.4) is 0 Å². The fraction of sp³-hybridized carbons (Fsp3) is 0.485. The lowest BCUT2D eigenvalue weighted by Crippen LogP contribution is -2.59. The zero-order chi connectivity index (χ0) is 39.7. The number of amides is 7. The van der Waals surface area contributed by atoms with Crippen LogP contribution in [0.15, 0.2) is 38.5 Å². The molecule has 4 atom stereocenters. The number of nitrogens with one attached hydrogen (secondary N) is 6. The molecule has 1 heterocycles. The van der Waals surface area contributed by atoms with E-state index >= 15 is 0 Å². The first kappa shape index (κ1) is 43.1. The van der Waals surface area contributed by atoms with Gasteiger partial charge in [0.05, 0.1) is 13.0 Å². The van der Waals surface area contributed by atoms with E-state index in [9.17, 15) is 43.5 Å². The maximum Gasteiger partial charge on any atom is 0.336 e. The molecule has 7 amide bonds. The summed E-state index contributed by atoms with van der Waals surface area (Å²) >= 11 is 0. The van der Waals surface area contributed by atoms with E-state index < -0.39 is 78.3 Å². The van der Waals surface area contributed by atoms with Gasteiger partial charge in [-0.25, -0.2) is 4.79 Å². The van der Waals surface area contributed by atoms with E-state index in [-0.39, 0.29) is 48.9 Å². The monoisotopic (exact) mass is 744 g/mol. The maximum atomic E-state index is 13.7. The Labute approximate surface area is 304 Å². The third-order valence-electron chi connectivity index (χ3n) is 7.64. The van der Waals surface area contributed by atoms with Crippen LogP contribution in [0.25, 0.3) is 11.0 Å². The lowest BCUT2D eigenvalue weighted by Gasteiger charge is -2.26. The molecule has 0 saturated heterocycles. The number of carbonyl (C=O) groups excluding carboxylic acids is 7. The highest BCUT2D eigenvalue weighted by atomic mass is 16.4. The number of carbonyl (C=O) groups is 7. The van der Waals surface area contributed by atoms with Crippen LogP contribution in [0, 0.1) is 6.92 Å². The topological polar surface area (TPSA) is 333 Å². The fourth-order valence-corrected chi connectivity index (χ4v) is 5.08. The van der Waals surface area contributed by atoms with Gasteiger partial charge in [0.15, 0.2) is 5.96 Å². The molecule has 290 valence electrons. The lowest BCUT2D eigenvalue weighted by atomic mass is 10.1. The number of nitrogens with two attached hydrogens (primary N) is 3. The van der Waals surface area contributed by atoms with Gasteiger partial charge in [0, 0.05) is 50.1 Å². The summed E-state index contributed by atoms with van der Waals surface area (Å²) in [6, 6.07) is 0.469. The third-order valence-corrected chi connectivity index (χ3v) is 7.64. The Hall–Kier alpha value is -6.05. The molecule has 0 aliphatic heterocycles. The first-order valence-corrected chi connectivity index (χ1v) is 16.7. The van der Waals surface area contributed by atoms with Crippen LogP contribution >= 0.6 is 0 Å². The van der Waals surface area contributed by atoms with Crippen molar-refractivity contribution in [1.82, 2.24) is 26.6 Å². The van der Waals surface area contributed by atoms with Gasteiger partial charge in [-0.05, 0) is 56.7 Å². The van der Waals surface area contributed by atoms with Gasteiger partial charge in [0.1, 0.15) is 29.8 Å². The van der Waals surface area contributed by atoms with Crippen LogP contribution in [0.4, 0.5) is 5.69 Å². The Kier molecular flexibility index (Phi) is 17.4. The average molecular weight is 745 g/mol. The molecule has 0 aliphatic carbocycles. The number of guanidine groups is 1. The summed E-state index contributed by atoms with van der Waals surface area (Å²) < 4.78 is 5.27. The zero-order valence-electron chi connectivity index (χ0n) is 29.8. The van der Waals surface area contributed by atoms with Crippen molar-refractivity contribution >= 4 is 64.0 Å². The molecule has 2 aromatic rings. The van der Waals surface area contributed by atoms with Crippen molar-refractivity contribution in [2.45, 2.75) is 83.5 Å². The molecule has 0 fully saturated rings. The summed E-state index contributed by atoms with van der Waals surface area (Å²) in [5, 5.41) is 25.5. The summed E-state index contributed by atoms with van der Waals surface area (Å²) in [4.78, 5) is 104. The molecule has 2 rings (SSSR count). The molecule has 13 N–H and O–H groups in total. The normalized spacial score (nSPS) is 13.0. The summed E-state index contributed by atoms with van der Waals surface area (Å²) in [6.45, 7) is 3.65. The Morgan fingerprint density at radius 1 is 0.774 bits per heavy atom. The van der Waals surface area contributed by atoms with Gasteiger partial charge in [-0.2, -0.15) is 0 Å². The molecule has 53 heavy (non-hydrogen) atoms. The molecule has 0 bridgehead atoms. The molecular weight excluding hydrogens is 696 g/mol. The second kappa shape index (κ2) is 21.3. The number of rotatable bonds is 21. The Morgan fingerprint density at radius 2 is 1.38 bits per heavy atom. The van der Waals surface area contributed by atoms with Crippen LogP contribution < -0.4 is 54.7 Å². The standard InChI is InChI=1S/C33H48N10O10/c1-17-13-28(48)53-26-14-20(9-10-21(17)26)40-29(49)22(7-4-5-11-37-18(2)45)41-30(50)23(8-6-12-38-33(35)36)42-32(52)25(16-44)43-31(51)24(15-27(34)47)39-19(3)46/h9-10,13-14,22-25,44H,4-8,11-12,15-16H2,1-3H3,(H2,34,47)(H,37,45)(H,39,46)(H,40,49)(H,41,50)(H,42,52)(H,43,51)(H4,35,36,38)/t22-,23-,24-,25-/m0/s1. The van der Waals surface area contributed by atoms with Crippen molar-refractivity contribution in [3.63, 3.8) is 0 Å². The quantitative estimate of drug-likeness (QED) is 0.0269. The van der Waals surface area contributed by atoms with Gasteiger partial charge in [0.25, 0.3) is 0 Å². The van der Waals surface area contributed by atoms with Crippen LogP contribution in [-0.4, -0.2) is 96.3 Å². The second-order valence-electron chi connectivity index (χ2n) is 12.2. The molecule has 0 unspecified atom stereocenters. The van der Waals surface area contributed by atoms with E-state index in [1.165, 1.54) is 19.1 Å². The molecule has 0 aliphatic rings. The lowest BCUT2D eigenvalue weighted by molar-refractivity contribution is -0.135. The SMILES string of the molecule is CC(=O)NCCCC[C@H](NC(=O)[C@H](CCCN=C(N)N)NC(=O)[C@H](CO)NC(=O)[C@H](CC(N)=O)NC(C)=O)C(=O)Nc1ccc2c(C)cc(=O)oc2c1. The van der Waals surface area contributed by atoms with E-state index in [1.54, 1.807) is 19.1 Å². The number of benzene rings is 1. The number of aliphatic hydroxyl groups excluding tert-OH is 1. The number of nitrogens with zero attached hydrogens (tertiary/aromatic N) is 1. The van der Waals surface area contributed by atoms with Gasteiger partial charge < -0.3 is 58.6 Å². The highest BCUT2D eigenvalue weighted by Gasteiger charge is 2.31. The second-order valence-corrected chi connectivity index (χ2v) is 12.2. The van der Waals surface area contributed by atoms with Gasteiger partial charge in [0.2, 0.25) is 41.4 Å². The number of anilines is 1. The molecule has 0 saturated carbocycles. The molecule has 20 nitrogen and oxygen atoms in total. The van der Waals surface area contributed by atoms with Crippen LogP contribution in [0.2, 0.25) is 0 Å². The van der Waals surface area contributed by atoms with Crippen molar-refractivity contribution < 1.29 is 43.1 Å². The fourth-order valence-electron chi connectivity index (χ4n) is 5.08. The van der Waals surface area contributed by atoms with E-state index in [0.29, 0.717) is 30.3 Å². The number of aliphatic imine (C=N–C) groups is 1. The number of hydrogen-bond donors (Lipinski definition) is 10. The first-order valence-electron chi connectivity index (χ1n) is 16.7. The Balaban J connectivity index is 2.32. The van der Waals surface area contributed by atoms with E-state index in [4.69, 9.17) is 21.6 Å². The van der Waals surface area contributed by atoms with E-state index in [0.717, 1.165) is 6.92 Å². The Bertz CT molecular complexity index is 1720. The summed E-state index contributed by atoms with van der Waals surface area (Å²) in [7, 11) is 0. The number of hydrogen-bond acceptors (Lipinski definition) is 11. The number of aliphatic hydroxyl groups is 1. The van der Waals surface area contributed by atoms with Gasteiger partial charge in [-0.3, -0.25) is 38.6 Å². The smallest absolute Gasteiger partial charge is 0.336 e. The van der Waals surface area contributed by atoms with Gasteiger partial charge in [-0.15, -0.1) is 0 Å². The van der Waals surface area contributed by atoms with Gasteiger partial charge in [-0.1, -0.05) is 0 Å². The van der Waals surface area contributed by atoms with Crippen molar-refractivity contribution in [2.75, 3.05) is 25.0 Å². The van der Waals surface area contributed by atoms with Crippen LogP contribution in [0.1, 0.15) is 57.9 Å². The molecule has 20 heteroatoms. The molecule has 1 aromatic heterocycles. The number of primary amides is 1. The minimum Gasteiger partial charge on any atom is -0.423 e. The summed E-state index contributed by atoms with van der Waals surface area (Å²) in [5.41, 5.74) is 16.6. The Morgan fingerprint density at radius 3 is 1.98 bits per heavy atom. The van der Waals surface area contributed by atoms with Crippen LogP contribution in [0.5, 0.6) is 0 Å². The molecular formula is C33H48N10O10. The zero-order valence-corrected chi connectivity index (χ0v) is 29.8. The minimum absolute atomic E-state index is 0.0590. The summed E-state index contributed by atoms with van der Waals surface area (Å²) in [5.74, 6) is -5.48. The first-order chi connectivity index (χ1) is 25.0. The number of fused-ring (bicyclic) bond motifs is 1. The largest absolute Gasteiger partial charge is 0.423 e. The van der Waals surface area contributed by atoms with Crippen LogP contribution in [-0.2, 0) is 33.6 Å². The average Bonchev–Trinajstić information content (AvgIpc) is 3.06. The highest BCUT2D eigenvalue weighted by molar-refractivity contribution is 6.00. The molecule has 0 spiro atoms. The van der Waals surface area contributed by atoms with Crippen molar-refractivity contribution in [3.8, 4) is 0 Å².